The summed E-state index contributed by atoms with van der Waals surface area (Å²) < 4.78 is 11.0. The summed E-state index contributed by atoms with van der Waals surface area (Å²) in [4.78, 5) is 11.0. The Morgan fingerprint density at radius 3 is 2.74 bits per heavy atom. The third-order valence-electron chi connectivity index (χ3n) is 2.49. The molecular formula is C14H18Cl2O3. The van der Waals surface area contributed by atoms with E-state index in [4.69, 9.17) is 32.7 Å². The molecule has 0 fully saturated rings. The van der Waals surface area contributed by atoms with E-state index in [0.717, 1.165) is 25.0 Å². The number of unbranched alkanes of at least 4 members (excludes halogenated alkanes) is 1. The highest BCUT2D eigenvalue weighted by atomic mass is 35.5. The quantitative estimate of drug-likeness (QED) is 0.513. The maximum Gasteiger partial charge on any atom is 0.226 e. The fourth-order valence-corrected chi connectivity index (χ4v) is 1.82. The summed E-state index contributed by atoms with van der Waals surface area (Å²) in [6.07, 6.45) is 2.28. The molecule has 0 unspecified atom stereocenters. The number of ether oxygens (including phenoxy) is 2. The molecule has 1 rings (SSSR count). The minimum absolute atomic E-state index is 0.130. The maximum absolute atomic E-state index is 11.0. The number of rotatable bonds is 9. The lowest BCUT2D eigenvalue weighted by atomic mass is 10.1. The third kappa shape index (κ3) is 6.81. The van der Waals surface area contributed by atoms with Crippen molar-refractivity contribution in [1.29, 1.82) is 0 Å². The molecule has 106 valence electrons. The Kier molecular flexibility index (Phi) is 7.87. The van der Waals surface area contributed by atoms with Crippen LogP contribution in [0.25, 0.3) is 0 Å². The van der Waals surface area contributed by atoms with Crippen LogP contribution in [0.3, 0.4) is 0 Å². The first-order chi connectivity index (χ1) is 9.13. The summed E-state index contributed by atoms with van der Waals surface area (Å²) in [7, 11) is 0. The standard InChI is InChI=1S/C14H18Cl2O3/c1-2-3-6-18-7-8-19-13-10-12(15)5-4-11(13)9-14(16)17/h4-5,10H,2-3,6-9H2,1H3. The van der Waals surface area contributed by atoms with E-state index in [1.54, 1.807) is 18.2 Å². The normalized spacial score (nSPS) is 10.5. The van der Waals surface area contributed by atoms with Gasteiger partial charge in [-0.25, -0.2) is 0 Å². The molecule has 1 aromatic rings. The van der Waals surface area contributed by atoms with Gasteiger partial charge in [-0.1, -0.05) is 31.0 Å². The Labute approximate surface area is 123 Å². The van der Waals surface area contributed by atoms with E-state index >= 15 is 0 Å². The summed E-state index contributed by atoms with van der Waals surface area (Å²) in [6, 6.07) is 5.14. The van der Waals surface area contributed by atoms with Gasteiger partial charge in [-0.2, -0.15) is 0 Å². The number of carbonyl (C=O) groups excluding carboxylic acids is 1. The van der Waals surface area contributed by atoms with Gasteiger partial charge in [-0.05, 0) is 30.2 Å². The van der Waals surface area contributed by atoms with Crippen molar-refractivity contribution in [3.8, 4) is 5.75 Å². The maximum atomic E-state index is 11.0. The van der Waals surface area contributed by atoms with E-state index in [-0.39, 0.29) is 6.42 Å². The zero-order chi connectivity index (χ0) is 14.1. The number of hydrogen-bond donors (Lipinski definition) is 0. The molecule has 0 saturated carbocycles. The Balaban J connectivity index is 2.46. The first kappa shape index (κ1) is 16.3. The molecule has 3 nitrogen and oxygen atoms in total. The van der Waals surface area contributed by atoms with Crippen molar-refractivity contribution in [2.75, 3.05) is 19.8 Å². The molecule has 0 aromatic heterocycles. The molecule has 0 atom stereocenters. The van der Waals surface area contributed by atoms with Crippen molar-refractivity contribution in [3.05, 3.63) is 28.8 Å². The predicted octanol–water partition coefficient (Wildman–Crippen LogP) is 3.84. The largest absolute Gasteiger partial charge is 0.491 e. The second kappa shape index (κ2) is 9.18. The molecule has 0 saturated heterocycles. The summed E-state index contributed by atoms with van der Waals surface area (Å²) in [6.45, 7) is 3.79. The Morgan fingerprint density at radius 2 is 2.05 bits per heavy atom. The van der Waals surface area contributed by atoms with Crippen molar-refractivity contribution in [3.63, 3.8) is 0 Å². The average molecular weight is 305 g/mol. The number of carbonyl (C=O) groups is 1. The first-order valence-corrected chi connectivity index (χ1v) is 7.06. The molecule has 1 aromatic carbocycles. The Bertz CT molecular complexity index is 408. The highest BCUT2D eigenvalue weighted by Gasteiger charge is 2.08. The molecule has 5 heteroatoms. The molecule has 0 N–H and O–H groups in total. The van der Waals surface area contributed by atoms with E-state index in [1.165, 1.54) is 0 Å². The first-order valence-electron chi connectivity index (χ1n) is 6.30. The molecule has 0 aliphatic carbocycles. The van der Waals surface area contributed by atoms with Crippen LogP contribution in [0.5, 0.6) is 5.75 Å². The van der Waals surface area contributed by atoms with Gasteiger partial charge in [-0.3, -0.25) is 4.79 Å². The molecule has 0 amide bonds. The van der Waals surface area contributed by atoms with Crippen LogP contribution in [0.1, 0.15) is 25.3 Å². The van der Waals surface area contributed by atoms with Gasteiger partial charge in [0, 0.05) is 17.2 Å². The van der Waals surface area contributed by atoms with Crippen molar-refractivity contribution in [2.24, 2.45) is 0 Å². The average Bonchev–Trinajstić information content (AvgIpc) is 2.36. The van der Waals surface area contributed by atoms with E-state index in [0.29, 0.717) is 24.0 Å². The summed E-state index contributed by atoms with van der Waals surface area (Å²) in [5.74, 6) is 0.584. The third-order valence-corrected chi connectivity index (χ3v) is 2.85. The van der Waals surface area contributed by atoms with Gasteiger partial charge >= 0.3 is 0 Å². The van der Waals surface area contributed by atoms with Gasteiger partial charge in [0.1, 0.15) is 12.4 Å². The molecule has 0 spiro atoms. The van der Waals surface area contributed by atoms with Crippen LogP contribution in [0.4, 0.5) is 0 Å². The molecule has 0 heterocycles. The number of hydrogen-bond acceptors (Lipinski definition) is 3. The van der Waals surface area contributed by atoms with Gasteiger partial charge in [0.25, 0.3) is 0 Å². The SMILES string of the molecule is CCCCOCCOc1cc(Cl)ccc1CC(=O)Cl. The van der Waals surface area contributed by atoms with Gasteiger partial charge < -0.3 is 9.47 Å². The lowest BCUT2D eigenvalue weighted by molar-refractivity contribution is -0.111. The monoisotopic (exact) mass is 304 g/mol. The minimum atomic E-state index is -0.425. The predicted molar refractivity (Wildman–Crippen MR) is 77.2 cm³/mol. The molecule has 0 bridgehead atoms. The fourth-order valence-electron chi connectivity index (χ4n) is 1.52. The Morgan fingerprint density at radius 1 is 1.26 bits per heavy atom. The molecule has 0 aliphatic rings. The highest BCUT2D eigenvalue weighted by Crippen LogP contribution is 2.24. The zero-order valence-corrected chi connectivity index (χ0v) is 12.5. The van der Waals surface area contributed by atoms with Crippen molar-refractivity contribution in [2.45, 2.75) is 26.2 Å². The summed E-state index contributed by atoms with van der Waals surface area (Å²) in [5, 5.41) is 0.138. The molecule has 0 aliphatic heterocycles. The summed E-state index contributed by atoms with van der Waals surface area (Å²) in [5.41, 5.74) is 0.734. The van der Waals surface area contributed by atoms with Gasteiger partial charge in [0.15, 0.2) is 0 Å². The van der Waals surface area contributed by atoms with E-state index in [1.807, 2.05) is 0 Å². The van der Waals surface area contributed by atoms with E-state index in [9.17, 15) is 4.79 Å². The van der Waals surface area contributed by atoms with Gasteiger partial charge in [-0.15, -0.1) is 0 Å². The van der Waals surface area contributed by atoms with E-state index in [2.05, 4.69) is 6.92 Å². The number of benzene rings is 1. The zero-order valence-electron chi connectivity index (χ0n) is 11.0. The molecular weight excluding hydrogens is 287 g/mol. The Hall–Kier alpha value is -0.770. The van der Waals surface area contributed by atoms with Crippen LogP contribution in [-0.2, 0) is 16.0 Å². The second-order valence-corrected chi connectivity index (χ2v) is 4.96. The lowest BCUT2D eigenvalue weighted by Gasteiger charge is -2.11. The fraction of sp³-hybridized carbons (Fsp3) is 0.500. The topological polar surface area (TPSA) is 35.5 Å². The summed E-state index contributed by atoms with van der Waals surface area (Å²) >= 11 is 11.3. The number of halogens is 2. The van der Waals surface area contributed by atoms with Crippen LogP contribution in [0.2, 0.25) is 5.02 Å². The highest BCUT2D eigenvalue weighted by molar-refractivity contribution is 6.63. The van der Waals surface area contributed by atoms with Crippen LogP contribution in [-0.4, -0.2) is 25.1 Å². The molecule has 0 radical (unpaired) electrons. The van der Waals surface area contributed by atoms with Crippen LogP contribution >= 0.6 is 23.2 Å². The van der Waals surface area contributed by atoms with E-state index < -0.39 is 5.24 Å². The van der Waals surface area contributed by atoms with Crippen LogP contribution in [0.15, 0.2) is 18.2 Å². The lowest BCUT2D eigenvalue weighted by Crippen LogP contribution is -2.09. The van der Waals surface area contributed by atoms with Crippen molar-refractivity contribution < 1.29 is 14.3 Å². The van der Waals surface area contributed by atoms with Crippen LogP contribution < -0.4 is 4.74 Å². The smallest absolute Gasteiger partial charge is 0.226 e. The van der Waals surface area contributed by atoms with Gasteiger partial charge in [0.05, 0.1) is 13.0 Å². The van der Waals surface area contributed by atoms with Crippen molar-refractivity contribution in [1.82, 2.24) is 0 Å². The van der Waals surface area contributed by atoms with Crippen LogP contribution in [0, 0.1) is 0 Å². The minimum Gasteiger partial charge on any atom is -0.491 e. The molecule has 19 heavy (non-hydrogen) atoms. The van der Waals surface area contributed by atoms with Gasteiger partial charge in [0.2, 0.25) is 5.24 Å². The van der Waals surface area contributed by atoms with Crippen molar-refractivity contribution >= 4 is 28.4 Å². The second-order valence-electron chi connectivity index (χ2n) is 4.10.